The van der Waals surface area contributed by atoms with Gasteiger partial charge in [-0.25, -0.2) is 9.37 Å². The van der Waals surface area contributed by atoms with Gasteiger partial charge in [0.05, 0.1) is 43.3 Å². The van der Waals surface area contributed by atoms with Crippen molar-refractivity contribution in [3.8, 4) is 28.6 Å². The molecule has 1 saturated heterocycles. The smallest absolute Gasteiger partial charge is 0.256 e. The summed E-state index contributed by atoms with van der Waals surface area (Å²) in [6, 6.07) is 11.6. The van der Waals surface area contributed by atoms with E-state index >= 15 is 0 Å². The third kappa shape index (κ3) is 5.77. The van der Waals surface area contributed by atoms with E-state index in [0.717, 1.165) is 44.2 Å². The molecular weight excluding hydrogens is 487 g/mol. The molecule has 1 aromatic heterocycles. The third-order valence-corrected chi connectivity index (χ3v) is 6.71. The number of hydrogen-bond acceptors (Lipinski definition) is 7. The van der Waals surface area contributed by atoms with Crippen LogP contribution < -0.4 is 14.2 Å². The number of carbonyl (C=O) groups excluding carboxylic acids is 1. The molecule has 5 rings (SSSR count). The van der Waals surface area contributed by atoms with Gasteiger partial charge in [-0.15, -0.1) is 0 Å². The second-order valence-electron chi connectivity index (χ2n) is 9.41. The number of unbranched alkanes of at least 4 members (excludes halogenated alkanes) is 2. The number of aliphatic imine (C=N–C) groups is 1. The van der Waals surface area contributed by atoms with Gasteiger partial charge in [0, 0.05) is 30.5 Å². The van der Waals surface area contributed by atoms with Crippen LogP contribution >= 0.6 is 0 Å². The predicted octanol–water partition coefficient (Wildman–Crippen LogP) is 5.55. The molecule has 2 aliphatic rings. The van der Waals surface area contributed by atoms with Gasteiger partial charge < -0.3 is 19.1 Å². The molecule has 0 saturated carbocycles. The van der Waals surface area contributed by atoms with Crippen LogP contribution in [0, 0.1) is 12.7 Å². The Balaban J connectivity index is 1.11. The fourth-order valence-electron chi connectivity index (χ4n) is 4.74. The number of methoxy groups -OCH3 is 1. The molecule has 1 atom stereocenters. The van der Waals surface area contributed by atoms with Gasteiger partial charge >= 0.3 is 0 Å². The number of halogens is 1. The van der Waals surface area contributed by atoms with E-state index in [1.54, 1.807) is 44.4 Å². The first-order valence-electron chi connectivity index (χ1n) is 13.0. The quantitative estimate of drug-likeness (QED) is 0.327. The third-order valence-electron chi connectivity index (χ3n) is 6.71. The minimum absolute atomic E-state index is 0.00600. The van der Waals surface area contributed by atoms with Crippen LogP contribution in [0.5, 0.6) is 17.4 Å². The lowest BCUT2D eigenvalue weighted by atomic mass is 10.1. The van der Waals surface area contributed by atoms with Gasteiger partial charge in [0.1, 0.15) is 11.6 Å². The molecule has 3 aromatic rings. The molecule has 3 heterocycles. The van der Waals surface area contributed by atoms with E-state index in [0.29, 0.717) is 53.4 Å². The van der Waals surface area contributed by atoms with E-state index in [-0.39, 0.29) is 17.8 Å². The normalized spacial score (nSPS) is 16.1. The minimum atomic E-state index is -0.288. The first-order valence-corrected chi connectivity index (χ1v) is 13.0. The molecule has 1 amide bonds. The predicted molar refractivity (Wildman–Crippen MR) is 142 cm³/mol. The average Bonchev–Trinajstić information content (AvgIpc) is 3.35. The molecule has 0 unspecified atom stereocenters. The molecule has 0 spiro atoms. The highest BCUT2D eigenvalue weighted by Crippen LogP contribution is 2.38. The van der Waals surface area contributed by atoms with Gasteiger partial charge in [-0.05, 0) is 69.4 Å². The molecule has 2 aliphatic heterocycles. The molecule has 0 N–H and O–H groups in total. The molecular formula is C29H31FN4O4. The average molecular weight is 519 g/mol. The summed E-state index contributed by atoms with van der Waals surface area (Å²) >= 11 is 0. The lowest BCUT2D eigenvalue weighted by Crippen LogP contribution is -2.35. The topological polar surface area (TPSA) is 86.1 Å². The Morgan fingerprint density at radius 1 is 1.00 bits per heavy atom. The number of nitrogens with zero attached hydrogens (tertiary/aromatic N) is 4. The number of aromatic nitrogens is 2. The van der Waals surface area contributed by atoms with Gasteiger partial charge in [0.2, 0.25) is 5.88 Å². The summed E-state index contributed by atoms with van der Waals surface area (Å²) in [6.07, 6.45) is 6.36. The van der Waals surface area contributed by atoms with Crippen LogP contribution in [0.3, 0.4) is 0 Å². The van der Waals surface area contributed by atoms with Crippen LogP contribution in [0.25, 0.3) is 11.3 Å². The maximum absolute atomic E-state index is 13.2. The Morgan fingerprint density at radius 3 is 2.58 bits per heavy atom. The summed E-state index contributed by atoms with van der Waals surface area (Å²) in [4.78, 5) is 28.2. The molecule has 38 heavy (non-hydrogen) atoms. The van der Waals surface area contributed by atoms with E-state index in [1.807, 2.05) is 11.1 Å². The van der Waals surface area contributed by atoms with Gasteiger partial charge in [0.15, 0.2) is 11.5 Å². The van der Waals surface area contributed by atoms with Crippen LogP contribution in [-0.4, -0.2) is 59.9 Å². The Hall–Kier alpha value is -4.01. The van der Waals surface area contributed by atoms with Crippen LogP contribution in [0.1, 0.15) is 48.3 Å². The Kier molecular flexibility index (Phi) is 7.81. The molecule has 8 nitrogen and oxygen atoms in total. The number of fused-ring (bicyclic) bond motifs is 2. The molecule has 0 radical (unpaired) electrons. The van der Waals surface area contributed by atoms with Crippen molar-refractivity contribution in [1.82, 2.24) is 14.9 Å². The Morgan fingerprint density at radius 2 is 1.79 bits per heavy atom. The van der Waals surface area contributed by atoms with E-state index < -0.39 is 0 Å². The SMILES string of the molecule is COc1cc2c(cc1OCCCCCOc1cc(-c3ccc(F)cc3)nc(C)n1)N=C[C@@H]1CCCN1C2=O. The van der Waals surface area contributed by atoms with Crippen LogP contribution in [-0.2, 0) is 0 Å². The highest BCUT2D eigenvalue weighted by atomic mass is 19.1. The van der Waals surface area contributed by atoms with Crippen molar-refractivity contribution in [3.05, 3.63) is 59.7 Å². The first kappa shape index (κ1) is 25.6. The second-order valence-corrected chi connectivity index (χ2v) is 9.41. The Bertz CT molecular complexity index is 1330. The van der Waals surface area contributed by atoms with Gasteiger partial charge in [-0.3, -0.25) is 9.79 Å². The largest absolute Gasteiger partial charge is 0.493 e. The van der Waals surface area contributed by atoms with Gasteiger partial charge in [-0.2, -0.15) is 4.98 Å². The number of benzene rings is 2. The summed E-state index contributed by atoms with van der Waals surface area (Å²) in [5.74, 6) is 1.91. The monoisotopic (exact) mass is 518 g/mol. The zero-order chi connectivity index (χ0) is 26.5. The van der Waals surface area contributed by atoms with Gasteiger partial charge in [-0.1, -0.05) is 0 Å². The number of rotatable bonds is 10. The fourth-order valence-corrected chi connectivity index (χ4v) is 4.74. The highest BCUT2D eigenvalue weighted by Gasteiger charge is 2.32. The van der Waals surface area contributed by atoms with Crippen molar-refractivity contribution in [1.29, 1.82) is 0 Å². The van der Waals surface area contributed by atoms with Crippen LogP contribution in [0.15, 0.2) is 47.5 Å². The van der Waals surface area contributed by atoms with E-state index in [2.05, 4.69) is 15.0 Å². The fraction of sp³-hybridized carbons (Fsp3) is 0.379. The van der Waals surface area contributed by atoms with Crippen LogP contribution in [0.2, 0.25) is 0 Å². The molecule has 0 bridgehead atoms. The molecule has 9 heteroatoms. The zero-order valence-electron chi connectivity index (χ0n) is 21.7. The van der Waals surface area contributed by atoms with Crippen molar-refractivity contribution in [2.45, 2.75) is 45.1 Å². The summed E-state index contributed by atoms with van der Waals surface area (Å²) in [5, 5.41) is 0. The molecule has 0 aliphatic carbocycles. The first-order chi connectivity index (χ1) is 18.5. The zero-order valence-corrected chi connectivity index (χ0v) is 21.7. The lowest BCUT2D eigenvalue weighted by Gasteiger charge is -2.20. The van der Waals surface area contributed by atoms with E-state index in [9.17, 15) is 9.18 Å². The van der Waals surface area contributed by atoms with Crippen molar-refractivity contribution in [2.24, 2.45) is 4.99 Å². The van der Waals surface area contributed by atoms with Crippen molar-refractivity contribution >= 4 is 17.8 Å². The number of ether oxygens (including phenoxy) is 3. The lowest BCUT2D eigenvalue weighted by molar-refractivity contribution is 0.0774. The summed E-state index contributed by atoms with van der Waals surface area (Å²) in [6.45, 7) is 3.57. The van der Waals surface area contributed by atoms with Crippen molar-refractivity contribution < 1.29 is 23.4 Å². The summed E-state index contributed by atoms with van der Waals surface area (Å²) in [5.41, 5.74) is 2.67. The Labute approximate surface area is 221 Å². The van der Waals surface area contributed by atoms with Crippen molar-refractivity contribution in [2.75, 3.05) is 26.9 Å². The van der Waals surface area contributed by atoms with Gasteiger partial charge in [0.25, 0.3) is 5.91 Å². The van der Waals surface area contributed by atoms with Crippen LogP contribution in [0.4, 0.5) is 10.1 Å². The summed E-state index contributed by atoms with van der Waals surface area (Å²) in [7, 11) is 1.57. The van der Waals surface area contributed by atoms with Crippen molar-refractivity contribution in [3.63, 3.8) is 0 Å². The number of carbonyl (C=O) groups is 1. The molecule has 2 aromatic carbocycles. The number of amides is 1. The molecule has 198 valence electrons. The highest BCUT2D eigenvalue weighted by molar-refractivity contribution is 6.03. The van der Waals surface area contributed by atoms with E-state index in [1.165, 1.54) is 12.1 Å². The number of aryl methyl sites for hydroxylation is 1. The minimum Gasteiger partial charge on any atom is -0.493 e. The molecule has 1 fully saturated rings. The maximum atomic E-state index is 13.2. The second kappa shape index (κ2) is 11.6. The summed E-state index contributed by atoms with van der Waals surface area (Å²) < 4.78 is 30.6. The van der Waals surface area contributed by atoms with E-state index in [4.69, 9.17) is 14.2 Å². The standard InChI is InChI=1S/C29H31FN4O4/c1-19-32-24(20-8-10-21(30)11-9-20)17-28(33-19)38-14-5-3-4-13-37-27-16-25-23(15-26(27)36-2)29(35)34-12-6-7-22(34)18-31-25/h8-11,15-18,22H,3-7,12-14H2,1-2H3/t22-/m0/s1. The maximum Gasteiger partial charge on any atom is 0.256 e. The number of hydrogen-bond donors (Lipinski definition) is 0.